The number of carbonyl (C=O) groups is 1. The first-order valence-corrected chi connectivity index (χ1v) is 6.83. The molecule has 0 radical (unpaired) electrons. The molecule has 2 fully saturated rings. The molecule has 0 aromatic rings. The minimum absolute atomic E-state index is 0.000833. The van der Waals surface area contributed by atoms with Gasteiger partial charge in [-0.3, -0.25) is 4.79 Å². The van der Waals surface area contributed by atoms with Gasteiger partial charge in [-0.25, -0.2) is 0 Å². The lowest BCUT2D eigenvalue weighted by Crippen LogP contribution is -2.50. The molecule has 1 heterocycles. The van der Waals surface area contributed by atoms with E-state index in [0.29, 0.717) is 6.61 Å². The molecule has 2 rings (SSSR count). The summed E-state index contributed by atoms with van der Waals surface area (Å²) in [6.45, 7) is 3.40. The van der Waals surface area contributed by atoms with Gasteiger partial charge >= 0.3 is 5.97 Å². The van der Waals surface area contributed by atoms with Crippen LogP contribution in [0, 0.1) is 5.92 Å². The summed E-state index contributed by atoms with van der Waals surface area (Å²) in [5.41, 5.74) is 0. The van der Waals surface area contributed by atoms with Crippen LogP contribution in [0.4, 0.5) is 0 Å². The van der Waals surface area contributed by atoms with Crippen LogP contribution in [0.1, 0.15) is 32.6 Å². The third kappa shape index (κ3) is 2.16. The fourth-order valence-electron chi connectivity index (χ4n) is 2.63. The number of nitrogens with one attached hydrogen (secondary N) is 1. The molecular formula is C11H19NO2S. The Kier molecular flexibility index (Phi) is 3.57. The van der Waals surface area contributed by atoms with E-state index in [0.717, 1.165) is 31.6 Å². The van der Waals surface area contributed by atoms with Crippen molar-refractivity contribution in [3.05, 3.63) is 0 Å². The largest absolute Gasteiger partial charge is 0.466 e. The topological polar surface area (TPSA) is 38.3 Å². The summed E-state index contributed by atoms with van der Waals surface area (Å²) in [7, 11) is 0. The monoisotopic (exact) mass is 229 g/mol. The normalized spacial score (nSPS) is 35.7. The number of rotatable bonds is 2. The van der Waals surface area contributed by atoms with Crippen LogP contribution in [0.2, 0.25) is 0 Å². The maximum atomic E-state index is 11.9. The predicted octanol–water partition coefficient (Wildman–Crippen LogP) is 1.77. The van der Waals surface area contributed by atoms with E-state index in [1.165, 1.54) is 6.42 Å². The van der Waals surface area contributed by atoms with Crippen molar-refractivity contribution >= 4 is 17.7 Å². The van der Waals surface area contributed by atoms with Crippen molar-refractivity contribution in [2.45, 2.75) is 37.5 Å². The minimum Gasteiger partial charge on any atom is -0.466 e. The maximum Gasteiger partial charge on any atom is 0.311 e. The van der Waals surface area contributed by atoms with Crippen LogP contribution >= 0.6 is 11.8 Å². The molecule has 0 aromatic heterocycles. The Morgan fingerprint density at radius 1 is 1.60 bits per heavy atom. The van der Waals surface area contributed by atoms with Gasteiger partial charge in [0.1, 0.15) is 0 Å². The number of thioether (sulfide) groups is 1. The Balaban J connectivity index is 2.08. The van der Waals surface area contributed by atoms with Gasteiger partial charge in [-0.2, -0.15) is 0 Å². The van der Waals surface area contributed by atoms with Gasteiger partial charge in [0.15, 0.2) is 0 Å². The van der Waals surface area contributed by atoms with Crippen LogP contribution in [0.3, 0.4) is 0 Å². The van der Waals surface area contributed by atoms with Crippen molar-refractivity contribution < 1.29 is 9.53 Å². The molecule has 86 valence electrons. The molecule has 1 aliphatic heterocycles. The fourth-order valence-corrected chi connectivity index (χ4v) is 4.10. The Bertz CT molecular complexity index is 239. The quantitative estimate of drug-likeness (QED) is 0.732. The molecule has 1 spiro atoms. The maximum absolute atomic E-state index is 11.9. The molecule has 0 amide bonds. The second-order valence-corrected chi connectivity index (χ2v) is 5.64. The Hall–Kier alpha value is -0.220. The van der Waals surface area contributed by atoms with Gasteiger partial charge in [-0.1, -0.05) is 12.8 Å². The number of esters is 1. The van der Waals surface area contributed by atoms with Crippen LogP contribution in [0.25, 0.3) is 0 Å². The molecule has 4 heteroatoms. The average molecular weight is 229 g/mol. The van der Waals surface area contributed by atoms with E-state index in [4.69, 9.17) is 4.74 Å². The third-order valence-corrected chi connectivity index (χ3v) is 4.87. The molecule has 15 heavy (non-hydrogen) atoms. The summed E-state index contributed by atoms with van der Waals surface area (Å²) in [5, 5.41) is 3.52. The molecule has 2 aliphatic rings. The highest BCUT2D eigenvalue weighted by atomic mass is 32.2. The van der Waals surface area contributed by atoms with Gasteiger partial charge in [-0.05, 0) is 19.8 Å². The third-order valence-electron chi connectivity index (χ3n) is 3.31. The lowest BCUT2D eigenvalue weighted by Gasteiger charge is -2.39. The Morgan fingerprint density at radius 2 is 2.47 bits per heavy atom. The standard InChI is InChI=1S/C11H19NO2S/c1-2-14-10(13)9-5-3-4-6-11(9)12-7-8-15-11/h9,12H,2-8H2,1H3/t9-,11-/m0/s1. The van der Waals surface area contributed by atoms with Crippen LogP contribution < -0.4 is 5.32 Å². The van der Waals surface area contributed by atoms with E-state index in [1.54, 1.807) is 0 Å². The van der Waals surface area contributed by atoms with Gasteiger partial charge in [0.2, 0.25) is 0 Å². The molecule has 0 aromatic carbocycles. The summed E-state index contributed by atoms with van der Waals surface area (Å²) >= 11 is 1.92. The minimum atomic E-state index is -0.000833. The highest BCUT2D eigenvalue weighted by Gasteiger charge is 2.47. The van der Waals surface area contributed by atoms with E-state index in [2.05, 4.69) is 5.32 Å². The van der Waals surface area contributed by atoms with Crippen molar-refractivity contribution in [2.75, 3.05) is 18.9 Å². The summed E-state index contributed by atoms with van der Waals surface area (Å²) in [5.74, 6) is 1.19. The van der Waals surface area contributed by atoms with Crippen molar-refractivity contribution in [1.82, 2.24) is 5.32 Å². The van der Waals surface area contributed by atoms with Crippen molar-refractivity contribution in [3.8, 4) is 0 Å². The van der Waals surface area contributed by atoms with E-state index in [9.17, 15) is 4.79 Å². The SMILES string of the molecule is CCOC(=O)[C@@H]1CCCC[C@@]12NCCS2. The summed E-state index contributed by atoms with van der Waals surface area (Å²) < 4.78 is 5.18. The molecule has 3 nitrogen and oxygen atoms in total. The number of ether oxygens (including phenoxy) is 1. The van der Waals surface area contributed by atoms with Crippen LogP contribution in [-0.4, -0.2) is 29.7 Å². The van der Waals surface area contributed by atoms with Crippen molar-refractivity contribution in [2.24, 2.45) is 5.92 Å². The molecule has 0 bridgehead atoms. The number of carbonyl (C=O) groups excluding carboxylic acids is 1. The first kappa shape index (κ1) is 11.3. The molecule has 1 aliphatic carbocycles. The number of hydrogen-bond donors (Lipinski definition) is 1. The van der Waals surface area contributed by atoms with E-state index < -0.39 is 0 Å². The Labute approximate surface area is 95.3 Å². The zero-order valence-electron chi connectivity index (χ0n) is 9.25. The van der Waals surface area contributed by atoms with Gasteiger partial charge in [0.05, 0.1) is 17.4 Å². The number of hydrogen-bond acceptors (Lipinski definition) is 4. The first-order chi connectivity index (χ1) is 7.28. The van der Waals surface area contributed by atoms with Crippen molar-refractivity contribution in [3.63, 3.8) is 0 Å². The molecule has 1 N–H and O–H groups in total. The summed E-state index contributed by atoms with van der Waals surface area (Å²) in [6.07, 6.45) is 4.49. The average Bonchev–Trinajstić information content (AvgIpc) is 2.68. The second kappa shape index (κ2) is 4.74. The summed E-state index contributed by atoms with van der Waals surface area (Å²) in [6, 6.07) is 0. The molecular weight excluding hydrogens is 210 g/mol. The van der Waals surface area contributed by atoms with E-state index >= 15 is 0 Å². The van der Waals surface area contributed by atoms with Crippen LogP contribution in [0.5, 0.6) is 0 Å². The van der Waals surface area contributed by atoms with Crippen molar-refractivity contribution in [1.29, 1.82) is 0 Å². The molecule has 2 atom stereocenters. The van der Waals surface area contributed by atoms with E-state index in [-0.39, 0.29) is 16.8 Å². The smallest absolute Gasteiger partial charge is 0.311 e. The zero-order valence-corrected chi connectivity index (χ0v) is 10.1. The molecule has 0 unspecified atom stereocenters. The van der Waals surface area contributed by atoms with E-state index in [1.807, 2.05) is 18.7 Å². The van der Waals surface area contributed by atoms with Crippen LogP contribution in [-0.2, 0) is 9.53 Å². The first-order valence-electron chi connectivity index (χ1n) is 5.84. The molecule has 1 saturated heterocycles. The molecule has 1 saturated carbocycles. The van der Waals surface area contributed by atoms with Crippen LogP contribution in [0.15, 0.2) is 0 Å². The summed E-state index contributed by atoms with van der Waals surface area (Å²) in [4.78, 5) is 11.9. The van der Waals surface area contributed by atoms with Gasteiger partial charge in [-0.15, -0.1) is 11.8 Å². The second-order valence-electron chi connectivity index (χ2n) is 4.22. The Morgan fingerprint density at radius 3 is 3.13 bits per heavy atom. The lowest BCUT2D eigenvalue weighted by molar-refractivity contribution is -0.150. The van der Waals surface area contributed by atoms with Gasteiger partial charge < -0.3 is 10.1 Å². The zero-order chi connectivity index (χ0) is 10.7. The highest BCUT2D eigenvalue weighted by molar-refractivity contribution is 8.00. The highest BCUT2D eigenvalue weighted by Crippen LogP contribution is 2.45. The van der Waals surface area contributed by atoms with Gasteiger partial charge in [0, 0.05) is 12.3 Å². The lowest BCUT2D eigenvalue weighted by atomic mass is 9.83. The predicted molar refractivity (Wildman–Crippen MR) is 61.8 cm³/mol. The fraction of sp³-hybridized carbons (Fsp3) is 0.909. The van der Waals surface area contributed by atoms with Gasteiger partial charge in [0.25, 0.3) is 0 Å².